The Balaban J connectivity index is 2.10. The van der Waals surface area contributed by atoms with Crippen LogP contribution in [0.4, 0.5) is 4.79 Å². The Hall–Kier alpha value is -1.63. The molecule has 0 saturated carbocycles. The number of amides is 2. The number of aliphatic carboxylic acids is 1. The molecule has 1 aromatic rings. The Bertz CT molecular complexity index is 434. The largest absolute Gasteiger partial charge is 0.481 e. The predicted molar refractivity (Wildman–Crippen MR) is 73.1 cm³/mol. The summed E-state index contributed by atoms with van der Waals surface area (Å²) >= 11 is 1.55. The summed E-state index contributed by atoms with van der Waals surface area (Å²) in [6.45, 7) is 4.45. The lowest BCUT2D eigenvalue weighted by molar-refractivity contribution is -0.141. The van der Waals surface area contributed by atoms with Crippen molar-refractivity contribution < 1.29 is 14.7 Å². The van der Waals surface area contributed by atoms with E-state index in [1.807, 2.05) is 12.3 Å². The maximum atomic E-state index is 11.4. The lowest BCUT2D eigenvalue weighted by Gasteiger charge is -2.08. The minimum absolute atomic E-state index is 0.256. The Morgan fingerprint density at radius 2 is 2.21 bits per heavy atom. The van der Waals surface area contributed by atoms with Gasteiger partial charge in [0.25, 0.3) is 0 Å². The summed E-state index contributed by atoms with van der Waals surface area (Å²) < 4.78 is 0. The Morgan fingerprint density at radius 3 is 2.79 bits per heavy atom. The number of aromatic nitrogens is 1. The molecule has 1 atom stereocenters. The SMILES string of the molecule is Cc1nc(CNC(=O)NCCCC(C)C(=O)O)cs1. The zero-order valence-electron chi connectivity index (χ0n) is 11.1. The fourth-order valence-corrected chi connectivity index (χ4v) is 2.07. The van der Waals surface area contributed by atoms with Crippen LogP contribution in [0.5, 0.6) is 0 Å². The molecule has 0 radical (unpaired) electrons. The number of urea groups is 1. The molecule has 0 aliphatic rings. The van der Waals surface area contributed by atoms with Crippen molar-refractivity contribution in [1.82, 2.24) is 15.6 Å². The third-order valence-electron chi connectivity index (χ3n) is 2.62. The van der Waals surface area contributed by atoms with E-state index in [0.29, 0.717) is 25.9 Å². The van der Waals surface area contributed by atoms with E-state index in [0.717, 1.165) is 10.7 Å². The second kappa shape index (κ2) is 7.73. The number of nitrogens with one attached hydrogen (secondary N) is 2. The first-order valence-corrected chi connectivity index (χ1v) is 7.02. The Morgan fingerprint density at radius 1 is 1.47 bits per heavy atom. The summed E-state index contributed by atoms with van der Waals surface area (Å²) in [7, 11) is 0. The van der Waals surface area contributed by atoms with Crippen LogP contribution in [0.3, 0.4) is 0 Å². The van der Waals surface area contributed by atoms with Crippen molar-refractivity contribution in [2.75, 3.05) is 6.54 Å². The number of carboxylic acids is 1. The number of carbonyl (C=O) groups is 2. The van der Waals surface area contributed by atoms with E-state index in [2.05, 4.69) is 15.6 Å². The van der Waals surface area contributed by atoms with Crippen molar-refractivity contribution in [3.8, 4) is 0 Å². The highest BCUT2D eigenvalue weighted by Crippen LogP contribution is 2.07. The zero-order valence-corrected chi connectivity index (χ0v) is 11.9. The molecule has 2 amide bonds. The number of hydrogen-bond donors (Lipinski definition) is 3. The molecule has 19 heavy (non-hydrogen) atoms. The minimum atomic E-state index is -0.802. The maximum Gasteiger partial charge on any atom is 0.315 e. The van der Waals surface area contributed by atoms with Gasteiger partial charge in [-0.2, -0.15) is 0 Å². The normalized spacial score (nSPS) is 11.9. The second-order valence-corrected chi connectivity index (χ2v) is 5.41. The van der Waals surface area contributed by atoms with Crippen LogP contribution in [-0.2, 0) is 11.3 Å². The molecule has 0 bridgehead atoms. The molecule has 7 heteroatoms. The molecule has 0 aromatic carbocycles. The number of rotatable bonds is 7. The third-order valence-corrected chi connectivity index (χ3v) is 3.44. The van der Waals surface area contributed by atoms with Gasteiger partial charge in [-0.25, -0.2) is 9.78 Å². The van der Waals surface area contributed by atoms with E-state index in [1.165, 1.54) is 0 Å². The number of thiazole rings is 1. The maximum absolute atomic E-state index is 11.4. The minimum Gasteiger partial charge on any atom is -0.481 e. The van der Waals surface area contributed by atoms with Gasteiger partial charge in [0.05, 0.1) is 23.2 Å². The molecule has 6 nitrogen and oxygen atoms in total. The summed E-state index contributed by atoms with van der Waals surface area (Å²) in [6, 6.07) is -0.256. The molecule has 1 heterocycles. The highest BCUT2D eigenvalue weighted by molar-refractivity contribution is 7.09. The van der Waals surface area contributed by atoms with Crippen molar-refractivity contribution in [2.24, 2.45) is 5.92 Å². The topological polar surface area (TPSA) is 91.3 Å². The quantitative estimate of drug-likeness (QED) is 0.666. The molecular weight excluding hydrogens is 266 g/mol. The third kappa shape index (κ3) is 6.19. The lowest BCUT2D eigenvalue weighted by Crippen LogP contribution is -2.35. The highest BCUT2D eigenvalue weighted by atomic mass is 32.1. The smallest absolute Gasteiger partial charge is 0.315 e. The van der Waals surface area contributed by atoms with E-state index in [-0.39, 0.29) is 11.9 Å². The second-order valence-electron chi connectivity index (χ2n) is 4.35. The predicted octanol–water partition coefficient (Wildman–Crippen LogP) is 1.75. The van der Waals surface area contributed by atoms with Gasteiger partial charge in [-0.15, -0.1) is 11.3 Å². The van der Waals surface area contributed by atoms with Crippen LogP contribution < -0.4 is 10.6 Å². The van der Waals surface area contributed by atoms with E-state index in [4.69, 9.17) is 5.11 Å². The van der Waals surface area contributed by atoms with Crippen LogP contribution in [-0.4, -0.2) is 28.6 Å². The standard InChI is InChI=1S/C12H19N3O3S/c1-8(11(16)17)4-3-5-13-12(18)14-6-10-7-19-9(2)15-10/h7-8H,3-6H2,1-2H3,(H,16,17)(H2,13,14,18). The van der Waals surface area contributed by atoms with Crippen LogP contribution in [0, 0.1) is 12.8 Å². The molecule has 1 unspecified atom stereocenters. The number of carbonyl (C=O) groups excluding carboxylic acids is 1. The van der Waals surface area contributed by atoms with Gasteiger partial charge in [-0.05, 0) is 19.8 Å². The monoisotopic (exact) mass is 285 g/mol. The summed E-state index contributed by atoms with van der Waals surface area (Å²) in [4.78, 5) is 26.3. The fourth-order valence-electron chi connectivity index (χ4n) is 1.46. The fraction of sp³-hybridized carbons (Fsp3) is 0.583. The molecule has 3 N–H and O–H groups in total. The molecule has 0 saturated heterocycles. The molecule has 0 aliphatic heterocycles. The van der Waals surface area contributed by atoms with Gasteiger partial charge in [0.2, 0.25) is 0 Å². The van der Waals surface area contributed by atoms with E-state index < -0.39 is 5.97 Å². The molecule has 0 fully saturated rings. The van der Waals surface area contributed by atoms with E-state index in [9.17, 15) is 9.59 Å². The van der Waals surface area contributed by atoms with Gasteiger partial charge in [0.15, 0.2) is 0 Å². The number of hydrogen-bond acceptors (Lipinski definition) is 4. The van der Waals surface area contributed by atoms with Gasteiger partial charge in [-0.3, -0.25) is 4.79 Å². The van der Waals surface area contributed by atoms with Gasteiger partial charge >= 0.3 is 12.0 Å². The molecule has 0 aliphatic carbocycles. The van der Waals surface area contributed by atoms with Crippen molar-refractivity contribution in [3.63, 3.8) is 0 Å². The van der Waals surface area contributed by atoms with Crippen molar-refractivity contribution in [3.05, 3.63) is 16.1 Å². The first kappa shape index (κ1) is 15.4. The van der Waals surface area contributed by atoms with Crippen molar-refractivity contribution in [1.29, 1.82) is 0 Å². The average Bonchev–Trinajstić information content (AvgIpc) is 2.77. The molecule has 1 aromatic heterocycles. The summed E-state index contributed by atoms with van der Waals surface area (Å²) in [5.41, 5.74) is 0.845. The summed E-state index contributed by atoms with van der Waals surface area (Å²) in [5.74, 6) is -1.17. The average molecular weight is 285 g/mol. The molecule has 1 rings (SSSR count). The van der Waals surface area contributed by atoms with Crippen LogP contribution in [0.15, 0.2) is 5.38 Å². The first-order chi connectivity index (χ1) is 8.99. The summed E-state index contributed by atoms with van der Waals surface area (Å²) in [5, 5.41) is 17.0. The molecular formula is C12H19N3O3S. The number of carboxylic acid groups (broad SMARTS) is 1. The zero-order chi connectivity index (χ0) is 14.3. The number of nitrogens with zero attached hydrogens (tertiary/aromatic N) is 1. The van der Waals surface area contributed by atoms with Gasteiger partial charge in [0, 0.05) is 11.9 Å². The van der Waals surface area contributed by atoms with Crippen LogP contribution in [0.25, 0.3) is 0 Å². The highest BCUT2D eigenvalue weighted by Gasteiger charge is 2.10. The Kier molecular flexibility index (Phi) is 6.27. The van der Waals surface area contributed by atoms with Gasteiger partial charge in [0.1, 0.15) is 0 Å². The van der Waals surface area contributed by atoms with Crippen molar-refractivity contribution >= 4 is 23.3 Å². The van der Waals surface area contributed by atoms with Crippen LogP contribution in [0.1, 0.15) is 30.5 Å². The van der Waals surface area contributed by atoms with Crippen molar-refractivity contribution in [2.45, 2.75) is 33.2 Å². The van der Waals surface area contributed by atoms with Crippen LogP contribution >= 0.6 is 11.3 Å². The van der Waals surface area contributed by atoms with E-state index in [1.54, 1.807) is 18.3 Å². The van der Waals surface area contributed by atoms with Crippen LogP contribution in [0.2, 0.25) is 0 Å². The molecule has 106 valence electrons. The number of aryl methyl sites for hydroxylation is 1. The Labute approximate surface area is 116 Å². The van der Waals surface area contributed by atoms with E-state index >= 15 is 0 Å². The lowest BCUT2D eigenvalue weighted by atomic mass is 10.1. The van der Waals surface area contributed by atoms with Gasteiger partial charge in [-0.1, -0.05) is 6.92 Å². The van der Waals surface area contributed by atoms with Gasteiger partial charge < -0.3 is 15.7 Å². The molecule has 0 spiro atoms. The first-order valence-electron chi connectivity index (χ1n) is 6.14. The summed E-state index contributed by atoms with van der Waals surface area (Å²) in [6.07, 6.45) is 1.21.